The lowest BCUT2D eigenvalue weighted by Gasteiger charge is -2.15. The van der Waals surface area contributed by atoms with Gasteiger partial charge in [-0.2, -0.15) is 0 Å². The van der Waals surface area contributed by atoms with Gasteiger partial charge in [0.1, 0.15) is 5.69 Å². The standard InChI is InChI=1S/C14H13N3O4/c1-9(11-3-2-6-15-8-11)16-12-7-10(14(18)19)4-5-13(12)17(20)21/h2-9,16H,1H3,(H,18,19). The molecule has 0 spiro atoms. The Hall–Kier alpha value is -2.96. The predicted molar refractivity (Wildman–Crippen MR) is 76.3 cm³/mol. The molecule has 0 saturated carbocycles. The summed E-state index contributed by atoms with van der Waals surface area (Å²) in [6.07, 6.45) is 3.27. The van der Waals surface area contributed by atoms with Gasteiger partial charge in [0, 0.05) is 18.5 Å². The SMILES string of the molecule is CC(Nc1cc(C(=O)O)ccc1[N+](=O)[O-])c1cccnc1. The van der Waals surface area contributed by atoms with E-state index in [1.54, 1.807) is 18.5 Å². The minimum Gasteiger partial charge on any atom is -0.478 e. The van der Waals surface area contributed by atoms with Crippen molar-refractivity contribution in [3.05, 3.63) is 64.0 Å². The van der Waals surface area contributed by atoms with Crippen LogP contribution >= 0.6 is 0 Å². The van der Waals surface area contributed by atoms with Crippen LogP contribution in [-0.4, -0.2) is 21.0 Å². The quantitative estimate of drug-likeness (QED) is 0.647. The molecule has 1 aromatic carbocycles. The maximum Gasteiger partial charge on any atom is 0.335 e. The Labute approximate surface area is 120 Å². The second-order valence-electron chi connectivity index (χ2n) is 4.45. The third-order valence-electron chi connectivity index (χ3n) is 3.00. The molecule has 2 aromatic rings. The molecule has 0 aliphatic carbocycles. The van der Waals surface area contributed by atoms with Crippen LogP contribution in [0.25, 0.3) is 0 Å². The normalized spacial score (nSPS) is 11.7. The van der Waals surface area contributed by atoms with Crippen LogP contribution in [0, 0.1) is 10.1 Å². The van der Waals surface area contributed by atoms with Crippen LogP contribution in [0.3, 0.4) is 0 Å². The maximum absolute atomic E-state index is 11.0. The summed E-state index contributed by atoms with van der Waals surface area (Å²) in [4.78, 5) is 25.4. The summed E-state index contributed by atoms with van der Waals surface area (Å²) in [7, 11) is 0. The number of nitro groups is 1. The molecule has 1 atom stereocenters. The minimum absolute atomic E-state index is 0.0125. The molecule has 0 aliphatic heterocycles. The molecule has 2 rings (SSSR count). The van der Waals surface area contributed by atoms with Crippen LogP contribution in [0.2, 0.25) is 0 Å². The number of anilines is 1. The van der Waals surface area contributed by atoms with Crippen LogP contribution in [0.5, 0.6) is 0 Å². The first-order valence-electron chi connectivity index (χ1n) is 6.17. The van der Waals surface area contributed by atoms with E-state index in [2.05, 4.69) is 10.3 Å². The lowest BCUT2D eigenvalue weighted by Crippen LogP contribution is -2.09. The van der Waals surface area contributed by atoms with Crippen molar-refractivity contribution in [1.29, 1.82) is 0 Å². The summed E-state index contributed by atoms with van der Waals surface area (Å²) in [5.41, 5.74) is 0.820. The van der Waals surface area contributed by atoms with E-state index in [1.165, 1.54) is 18.2 Å². The number of aromatic nitrogens is 1. The van der Waals surface area contributed by atoms with E-state index in [4.69, 9.17) is 5.11 Å². The van der Waals surface area contributed by atoms with Crippen LogP contribution in [-0.2, 0) is 0 Å². The molecule has 1 heterocycles. The number of carbonyl (C=O) groups is 1. The van der Waals surface area contributed by atoms with Gasteiger partial charge < -0.3 is 10.4 Å². The highest BCUT2D eigenvalue weighted by Crippen LogP contribution is 2.29. The summed E-state index contributed by atoms with van der Waals surface area (Å²) in [6, 6.07) is 6.99. The van der Waals surface area contributed by atoms with Crippen molar-refractivity contribution in [2.45, 2.75) is 13.0 Å². The zero-order chi connectivity index (χ0) is 15.4. The number of carboxylic acid groups (broad SMARTS) is 1. The molecule has 1 unspecified atom stereocenters. The van der Waals surface area contributed by atoms with Gasteiger partial charge >= 0.3 is 5.97 Å². The van der Waals surface area contributed by atoms with Gasteiger partial charge in [0.05, 0.1) is 16.5 Å². The van der Waals surface area contributed by atoms with Crippen LogP contribution in [0.1, 0.15) is 28.9 Å². The second-order valence-corrected chi connectivity index (χ2v) is 4.45. The molecule has 0 amide bonds. The monoisotopic (exact) mass is 287 g/mol. The van der Waals surface area contributed by atoms with E-state index in [-0.39, 0.29) is 23.0 Å². The molecule has 0 saturated heterocycles. The van der Waals surface area contributed by atoms with Gasteiger partial charge in [0.2, 0.25) is 0 Å². The fourth-order valence-electron chi connectivity index (χ4n) is 1.89. The highest BCUT2D eigenvalue weighted by molar-refractivity contribution is 5.90. The van der Waals surface area contributed by atoms with Crippen molar-refractivity contribution >= 4 is 17.3 Å². The lowest BCUT2D eigenvalue weighted by atomic mass is 10.1. The molecule has 7 heteroatoms. The van der Waals surface area contributed by atoms with Crippen molar-refractivity contribution in [2.24, 2.45) is 0 Å². The Morgan fingerprint density at radius 2 is 2.19 bits per heavy atom. The number of nitrogens with zero attached hydrogens (tertiary/aromatic N) is 2. The van der Waals surface area contributed by atoms with Crippen LogP contribution in [0.15, 0.2) is 42.7 Å². The molecule has 0 bridgehead atoms. The number of pyridine rings is 1. The van der Waals surface area contributed by atoms with Gasteiger partial charge in [-0.15, -0.1) is 0 Å². The number of benzene rings is 1. The van der Waals surface area contributed by atoms with Crippen molar-refractivity contribution in [3.63, 3.8) is 0 Å². The average Bonchev–Trinajstić information content (AvgIpc) is 2.47. The first-order chi connectivity index (χ1) is 9.99. The van der Waals surface area contributed by atoms with Gasteiger partial charge in [-0.05, 0) is 30.7 Å². The van der Waals surface area contributed by atoms with E-state index in [1.807, 2.05) is 13.0 Å². The Morgan fingerprint density at radius 3 is 2.76 bits per heavy atom. The average molecular weight is 287 g/mol. The number of nitro benzene ring substituents is 1. The Kier molecular flexibility index (Phi) is 4.13. The van der Waals surface area contributed by atoms with Crippen molar-refractivity contribution < 1.29 is 14.8 Å². The molecule has 1 aromatic heterocycles. The summed E-state index contributed by atoms with van der Waals surface area (Å²) >= 11 is 0. The molecular weight excluding hydrogens is 274 g/mol. The van der Waals surface area contributed by atoms with Gasteiger partial charge in [-0.3, -0.25) is 15.1 Å². The number of hydrogen-bond donors (Lipinski definition) is 2. The van der Waals surface area contributed by atoms with Gasteiger partial charge in [-0.1, -0.05) is 6.07 Å². The molecular formula is C14H13N3O4. The zero-order valence-electron chi connectivity index (χ0n) is 11.2. The van der Waals surface area contributed by atoms with E-state index in [0.717, 1.165) is 5.56 Å². The van der Waals surface area contributed by atoms with Crippen LogP contribution in [0.4, 0.5) is 11.4 Å². The van der Waals surface area contributed by atoms with Crippen molar-refractivity contribution in [2.75, 3.05) is 5.32 Å². The van der Waals surface area contributed by atoms with E-state index >= 15 is 0 Å². The number of rotatable bonds is 5. The fourth-order valence-corrected chi connectivity index (χ4v) is 1.89. The maximum atomic E-state index is 11.0. The Morgan fingerprint density at radius 1 is 1.43 bits per heavy atom. The highest BCUT2D eigenvalue weighted by atomic mass is 16.6. The molecule has 2 N–H and O–H groups in total. The Bertz CT molecular complexity index is 673. The van der Waals surface area contributed by atoms with Crippen molar-refractivity contribution in [3.8, 4) is 0 Å². The molecule has 0 fully saturated rings. The highest BCUT2D eigenvalue weighted by Gasteiger charge is 2.18. The topological polar surface area (TPSA) is 105 Å². The third-order valence-corrected chi connectivity index (χ3v) is 3.00. The zero-order valence-corrected chi connectivity index (χ0v) is 11.2. The van der Waals surface area contributed by atoms with Gasteiger partial charge in [-0.25, -0.2) is 4.79 Å². The molecule has 21 heavy (non-hydrogen) atoms. The van der Waals surface area contributed by atoms with E-state index in [0.29, 0.717) is 0 Å². The summed E-state index contributed by atoms with van der Waals surface area (Å²) in [6.45, 7) is 1.81. The second kappa shape index (κ2) is 6.00. The Balaban J connectivity index is 2.35. The lowest BCUT2D eigenvalue weighted by molar-refractivity contribution is -0.384. The van der Waals surface area contributed by atoms with E-state index < -0.39 is 10.9 Å². The third kappa shape index (κ3) is 3.33. The number of hydrogen-bond acceptors (Lipinski definition) is 5. The summed E-state index contributed by atoms with van der Waals surface area (Å²) in [5.74, 6) is -1.14. The first-order valence-corrected chi connectivity index (χ1v) is 6.17. The smallest absolute Gasteiger partial charge is 0.335 e. The van der Waals surface area contributed by atoms with Crippen LogP contribution < -0.4 is 5.32 Å². The summed E-state index contributed by atoms with van der Waals surface area (Å²) < 4.78 is 0. The predicted octanol–water partition coefficient (Wildman–Crippen LogP) is 2.86. The molecule has 0 radical (unpaired) electrons. The minimum atomic E-state index is -1.14. The first kappa shape index (κ1) is 14.4. The molecule has 0 aliphatic rings. The van der Waals surface area contributed by atoms with Gasteiger partial charge in [0.25, 0.3) is 5.69 Å². The van der Waals surface area contributed by atoms with Crippen molar-refractivity contribution in [1.82, 2.24) is 4.98 Å². The number of carboxylic acids is 1. The van der Waals surface area contributed by atoms with E-state index in [9.17, 15) is 14.9 Å². The largest absolute Gasteiger partial charge is 0.478 e. The van der Waals surface area contributed by atoms with Gasteiger partial charge in [0.15, 0.2) is 0 Å². The number of aromatic carboxylic acids is 1. The number of nitrogens with one attached hydrogen (secondary N) is 1. The summed E-state index contributed by atoms with van der Waals surface area (Å²) in [5, 5.41) is 23.0. The fraction of sp³-hybridized carbons (Fsp3) is 0.143. The molecule has 7 nitrogen and oxygen atoms in total. The molecule has 108 valence electrons.